The third kappa shape index (κ3) is 8.61. The van der Waals surface area contributed by atoms with Crippen molar-refractivity contribution in [3.8, 4) is 0 Å². The van der Waals surface area contributed by atoms with Crippen LogP contribution in [0.3, 0.4) is 0 Å². The van der Waals surface area contributed by atoms with Crippen molar-refractivity contribution in [2.24, 2.45) is 0 Å². The predicted octanol–water partition coefficient (Wildman–Crippen LogP) is 2.77. The molecule has 0 aliphatic carbocycles. The zero-order valence-corrected chi connectivity index (χ0v) is 26.4. The molecule has 0 saturated carbocycles. The minimum absolute atomic E-state index is 0. The van der Waals surface area contributed by atoms with E-state index in [0.29, 0.717) is 0 Å². The Morgan fingerprint density at radius 2 is 1.13 bits per heavy atom. The summed E-state index contributed by atoms with van der Waals surface area (Å²) in [7, 11) is 0. The van der Waals surface area contributed by atoms with Crippen molar-refractivity contribution in [1.29, 1.82) is 0 Å². The summed E-state index contributed by atoms with van der Waals surface area (Å²) in [6, 6.07) is 48.7. The molecule has 4 heteroatoms. The van der Waals surface area contributed by atoms with Gasteiger partial charge in [0, 0.05) is 18.8 Å². The molecule has 0 radical (unpaired) electrons. The molecule has 0 spiro atoms. The molecule has 0 saturated heterocycles. The summed E-state index contributed by atoms with van der Waals surface area (Å²) in [4.78, 5) is 2.43. The first-order valence-corrected chi connectivity index (χ1v) is 14.1. The fourth-order valence-corrected chi connectivity index (χ4v) is 5.33. The second kappa shape index (κ2) is 17.0. The van der Waals surface area contributed by atoms with Crippen molar-refractivity contribution in [1.82, 2.24) is 0 Å². The standard InChI is InChI=1S/C17H18N.C13H10.C5H5.2ClH.Zr/c1-3-18(4-2)16-11-7-9-14-12-13-8-5-6-10-15(13)17(14)16;1-3-7-12(8-4-1)11-13-9-5-2-6-10-13;1-2-4-5-3-1;;;/h5-12H,3-4H2,1-2H3;1-10H;1-5H;2*1H;/q-1;;-1;;;+2/p-2. The number of halogens is 2. The number of anilines is 1. The zero-order chi connectivity index (χ0) is 25.9. The number of hydrogen-bond acceptors (Lipinski definition) is 1. The van der Waals surface area contributed by atoms with E-state index in [4.69, 9.17) is 0 Å². The summed E-state index contributed by atoms with van der Waals surface area (Å²) >= 11 is 1.46. The van der Waals surface area contributed by atoms with Gasteiger partial charge < -0.3 is 29.7 Å². The van der Waals surface area contributed by atoms with Crippen LogP contribution in [0, 0.1) is 0 Å². The van der Waals surface area contributed by atoms with Gasteiger partial charge in [0.25, 0.3) is 0 Å². The maximum atomic E-state index is 2.43. The fraction of sp³-hybridized carbons (Fsp3) is 0.114. The van der Waals surface area contributed by atoms with Crippen molar-refractivity contribution in [3.05, 3.63) is 151 Å². The van der Waals surface area contributed by atoms with Crippen LogP contribution in [0.5, 0.6) is 0 Å². The Hall–Kier alpha value is -2.77. The van der Waals surface area contributed by atoms with Gasteiger partial charge in [-0.2, -0.15) is 18.2 Å². The van der Waals surface area contributed by atoms with Crippen LogP contribution in [0.1, 0.15) is 25.0 Å². The Balaban J connectivity index is 0.000000227. The Bertz CT molecular complexity index is 1440. The zero-order valence-electron chi connectivity index (χ0n) is 22.4. The van der Waals surface area contributed by atoms with E-state index in [9.17, 15) is 0 Å². The minimum atomic E-state index is 0. The molecule has 0 aliphatic heterocycles. The van der Waals surface area contributed by atoms with E-state index < -0.39 is 0 Å². The van der Waals surface area contributed by atoms with Crippen LogP contribution >= 0.6 is 0 Å². The summed E-state index contributed by atoms with van der Waals surface area (Å²) in [6.07, 6.45) is 0. The molecule has 0 N–H and O–H groups in total. The molecule has 6 rings (SSSR count). The third-order valence-electron chi connectivity index (χ3n) is 6.40. The molecular formula is C35H33Cl2NZr-2. The van der Waals surface area contributed by atoms with Gasteiger partial charge >= 0.3 is 99.2 Å². The topological polar surface area (TPSA) is 3.24 Å². The van der Waals surface area contributed by atoms with Gasteiger partial charge in [-0.05, 0) is 13.8 Å². The average Bonchev–Trinajstić information content (AvgIpc) is 3.67. The maximum absolute atomic E-state index is 2.43. The SMILES string of the molecule is CCN(CC)c1cccc2[cH-]c3ccccc3c12.[Cl-].[Cl-].[Zr+2]=[C](c1ccccc1)c1ccccc1.c1cc[cH-]c1. The second-order valence-electron chi connectivity index (χ2n) is 8.71. The molecule has 0 aliphatic rings. The Kier molecular flexibility index (Phi) is 14.2. The van der Waals surface area contributed by atoms with Gasteiger partial charge in [-0.15, -0.1) is 34.4 Å². The van der Waals surface area contributed by atoms with Crippen molar-refractivity contribution in [2.45, 2.75) is 13.8 Å². The molecule has 6 aromatic rings. The summed E-state index contributed by atoms with van der Waals surface area (Å²) in [5.74, 6) is 0. The molecule has 0 heterocycles. The third-order valence-corrected chi connectivity index (χ3v) is 7.82. The summed E-state index contributed by atoms with van der Waals surface area (Å²) < 4.78 is 1.42. The van der Waals surface area contributed by atoms with E-state index in [1.54, 1.807) is 0 Å². The van der Waals surface area contributed by atoms with E-state index in [-0.39, 0.29) is 24.8 Å². The first kappa shape index (κ1) is 32.4. The number of rotatable bonds is 5. The van der Waals surface area contributed by atoms with Crippen molar-refractivity contribution in [3.63, 3.8) is 0 Å². The van der Waals surface area contributed by atoms with Gasteiger partial charge in [0.1, 0.15) is 0 Å². The normalized spacial score (nSPS) is 9.74. The molecule has 1 nitrogen and oxygen atoms in total. The number of benzene rings is 4. The van der Waals surface area contributed by atoms with E-state index in [1.807, 2.05) is 30.3 Å². The van der Waals surface area contributed by atoms with Gasteiger partial charge in [-0.25, -0.2) is 12.1 Å². The molecule has 39 heavy (non-hydrogen) atoms. The number of hydrogen-bond donors (Lipinski definition) is 0. The van der Waals surface area contributed by atoms with Crippen molar-refractivity contribution in [2.75, 3.05) is 18.0 Å². The van der Waals surface area contributed by atoms with Gasteiger partial charge in [0.05, 0.1) is 0 Å². The van der Waals surface area contributed by atoms with Crippen molar-refractivity contribution >= 4 is 30.4 Å². The fourth-order valence-electron chi connectivity index (χ4n) is 4.51. The van der Waals surface area contributed by atoms with Gasteiger partial charge in [0.15, 0.2) is 0 Å². The predicted molar refractivity (Wildman–Crippen MR) is 159 cm³/mol. The molecule has 0 unspecified atom stereocenters. The quantitative estimate of drug-likeness (QED) is 0.266. The molecule has 0 amide bonds. The number of fused-ring (bicyclic) bond motifs is 3. The molecular weight excluding hydrogens is 597 g/mol. The Labute approximate surface area is 260 Å². The molecule has 198 valence electrons. The largest absolute Gasteiger partial charge is 0.214 e. The van der Waals surface area contributed by atoms with Crippen LogP contribution in [0.4, 0.5) is 5.69 Å². The van der Waals surface area contributed by atoms with Crippen LogP contribution < -0.4 is 29.7 Å². The monoisotopic (exact) mass is 627 g/mol. The van der Waals surface area contributed by atoms with E-state index >= 15 is 0 Å². The Morgan fingerprint density at radius 3 is 1.64 bits per heavy atom. The molecule has 6 aromatic carbocycles. The van der Waals surface area contributed by atoms with E-state index in [2.05, 4.69) is 128 Å². The van der Waals surface area contributed by atoms with Crippen LogP contribution in [0.15, 0.2) is 140 Å². The first-order valence-electron chi connectivity index (χ1n) is 12.9. The molecule has 0 fully saturated rings. The summed E-state index contributed by atoms with van der Waals surface area (Å²) in [6.45, 7) is 6.53. The van der Waals surface area contributed by atoms with E-state index in [1.165, 1.54) is 65.8 Å². The number of nitrogens with zero attached hydrogens (tertiary/aromatic N) is 1. The maximum Gasteiger partial charge on any atom is -0.172 e. The van der Waals surface area contributed by atoms with Crippen LogP contribution in [0.2, 0.25) is 0 Å². The van der Waals surface area contributed by atoms with Gasteiger partial charge in [-0.3, -0.25) is 0 Å². The van der Waals surface area contributed by atoms with Crippen LogP contribution in [-0.2, 0) is 24.2 Å². The first-order chi connectivity index (χ1) is 18.2. The smallest absolute Gasteiger partial charge is 0.172 e. The molecule has 0 aromatic heterocycles. The van der Waals surface area contributed by atoms with Gasteiger partial charge in [-0.1, -0.05) is 35.7 Å². The van der Waals surface area contributed by atoms with Crippen molar-refractivity contribution < 1.29 is 49.0 Å². The van der Waals surface area contributed by atoms with Gasteiger partial charge in [0.2, 0.25) is 0 Å². The van der Waals surface area contributed by atoms with Crippen LogP contribution in [-0.4, -0.2) is 16.3 Å². The summed E-state index contributed by atoms with van der Waals surface area (Å²) in [5.41, 5.74) is 4.02. The molecule has 0 bridgehead atoms. The summed E-state index contributed by atoms with van der Waals surface area (Å²) in [5, 5.41) is 5.46. The average molecular weight is 630 g/mol. The second-order valence-corrected chi connectivity index (χ2v) is 9.94. The Morgan fingerprint density at radius 1 is 0.615 bits per heavy atom. The van der Waals surface area contributed by atoms with Crippen LogP contribution in [0.25, 0.3) is 21.5 Å². The minimum Gasteiger partial charge on any atom is -0.214 e. The van der Waals surface area contributed by atoms with E-state index in [0.717, 1.165) is 13.1 Å². The molecule has 0 atom stereocenters.